The van der Waals surface area contributed by atoms with Crippen molar-refractivity contribution in [2.45, 2.75) is 63.1 Å². The molecule has 0 N–H and O–H groups in total. The Hall–Kier alpha value is 0.914. The maximum Gasteiger partial charge on any atom is 0.129 e. The molecular weight excluding hydrogens is 256 g/mol. The van der Waals surface area contributed by atoms with Gasteiger partial charge in [0.2, 0.25) is 0 Å². The lowest BCUT2D eigenvalue weighted by molar-refractivity contribution is 1.04. The smallest absolute Gasteiger partial charge is 0.126 e. The molecule has 0 atom stereocenters. The molecule has 13 heavy (non-hydrogen) atoms. The van der Waals surface area contributed by atoms with Crippen LogP contribution in [-0.4, -0.2) is 14.8 Å². The van der Waals surface area contributed by atoms with E-state index >= 15 is 0 Å². The van der Waals surface area contributed by atoms with Crippen LogP contribution in [0.1, 0.15) is 20.8 Å². The van der Waals surface area contributed by atoms with E-state index in [1.165, 1.54) is 18.1 Å². The first-order valence-electron chi connectivity index (χ1n) is 5.79. The lowest BCUT2D eigenvalue weighted by atomic mass is 10.8. The molecule has 1 fully saturated rings. The van der Waals surface area contributed by atoms with Crippen LogP contribution in [0.15, 0.2) is 0 Å². The van der Waals surface area contributed by atoms with Crippen LogP contribution < -0.4 is 0 Å². The van der Waals surface area contributed by atoms with Crippen LogP contribution in [0, 0.1) is 0 Å². The first kappa shape index (κ1) is 12.0. The van der Waals surface area contributed by atoms with Gasteiger partial charge in [0.1, 0.15) is 6.69 Å². The van der Waals surface area contributed by atoms with E-state index < -0.39 is 14.8 Å². The number of hydrogen-bond donors (Lipinski definition) is 0. The van der Waals surface area contributed by atoms with Gasteiger partial charge in [-0.2, -0.15) is 0 Å². The van der Waals surface area contributed by atoms with E-state index in [0.717, 1.165) is 0 Å². The van der Waals surface area contributed by atoms with Crippen molar-refractivity contribution in [2.75, 3.05) is 0 Å². The summed E-state index contributed by atoms with van der Waals surface area (Å²) in [5.41, 5.74) is 0. The van der Waals surface area contributed by atoms with E-state index in [9.17, 15) is 0 Å². The fourth-order valence-corrected chi connectivity index (χ4v) is 17.1. The minimum Gasteiger partial charge on any atom is -0.126 e. The minimum absolute atomic E-state index is 0.731. The molecule has 1 rings (SSSR count). The monoisotopic (exact) mass is 278 g/mol. The number of rotatable bonds is 3. The molecule has 0 spiro atoms. The first-order valence-corrected chi connectivity index (χ1v) is 13.5. The summed E-state index contributed by atoms with van der Waals surface area (Å²) < 4.78 is 0. The van der Waals surface area contributed by atoms with Gasteiger partial charge in [0, 0.05) is 0 Å². The van der Waals surface area contributed by atoms with Crippen molar-refractivity contribution in [2.24, 2.45) is 0 Å². The van der Waals surface area contributed by atoms with Crippen molar-refractivity contribution in [1.29, 1.82) is 0 Å². The van der Waals surface area contributed by atoms with Crippen molar-refractivity contribution in [3.63, 3.8) is 0 Å². The second-order valence-electron chi connectivity index (χ2n) is 4.71. The van der Waals surface area contributed by atoms with Gasteiger partial charge >= 0.3 is 0 Å². The summed E-state index contributed by atoms with van der Waals surface area (Å²) in [6.45, 7) is 6.37. The highest BCUT2D eigenvalue weighted by atomic mass is 79.9. The normalized spacial score (nSPS) is 25.8. The predicted octanol–water partition coefficient (Wildman–Crippen LogP) is 4.85. The average Bonchev–Trinajstić information content (AvgIpc) is 2.20. The Labute approximate surface area is 93.1 Å². The van der Waals surface area contributed by atoms with Crippen LogP contribution in [0.4, 0.5) is 0 Å². The third-order valence-electron chi connectivity index (χ3n) is 4.34. The molecule has 1 heterocycles. The Balaban J connectivity index is 2.54. The second kappa shape index (κ2) is 4.62. The molecule has 0 nitrogen and oxygen atoms in total. The van der Waals surface area contributed by atoms with Crippen LogP contribution in [0.3, 0.4) is 0 Å². The predicted molar refractivity (Wildman–Crippen MR) is 71.1 cm³/mol. The Morgan fingerprint density at radius 3 is 1.62 bits per heavy atom. The van der Waals surface area contributed by atoms with Gasteiger partial charge in [0.05, 0.1) is 8.07 Å². The van der Waals surface area contributed by atoms with Gasteiger partial charge in [-0.1, -0.05) is 51.0 Å². The van der Waals surface area contributed by atoms with Crippen molar-refractivity contribution in [1.82, 2.24) is 0 Å². The Bertz CT molecular complexity index is 156. The standard InChI is InChI=1S/C10H23BrSi2/c1-4-12(5-2)7-9-13(11,6-3)10-8-12/h4-10H2,1-3H3. The maximum absolute atomic E-state index is 4.07. The molecule has 0 bridgehead atoms. The van der Waals surface area contributed by atoms with E-state index in [2.05, 4.69) is 36.1 Å². The summed E-state index contributed by atoms with van der Waals surface area (Å²) >= 11 is 4.07. The van der Waals surface area contributed by atoms with Crippen LogP contribution in [0.25, 0.3) is 0 Å². The highest BCUT2D eigenvalue weighted by Gasteiger charge is 2.41. The van der Waals surface area contributed by atoms with Crippen LogP contribution in [0.5, 0.6) is 0 Å². The lowest BCUT2D eigenvalue weighted by Crippen LogP contribution is -2.42. The van der Waals surface area contributed by atoms with Crippen molar-refractivity contribution in [3.05, 3.63) is 0 Å². The summed E-state index contributed by atoms with van der Waals surface area (Å²) in [7, 11) is -0.731. The van der Waals surface area contributed by atoms with Gasteiger partial charge in [-0.15, -0.1) is 15.3 Å². The summed E-state index contributed by atoms with van der Waals surface area (Å²) in [6, 6.07) is 10.9. The third kappa shape index (κ3) is 2.69. The minimum atomic E-state index is -0.885. The highest BCUT2D eigenvalue weighted by molar-refractivity contribution is 9.26. The zero-order valence-electron chi connectivity index (χ0n) is 9.33. The molecule has 3 heteroatoms. The Kier molecular flexibility index (Phi) is 4.26. The van der Waals surface area contributed by atoms with E-state index in [0.29, 0.717) is 0 Å². The van der Waals surface area contributed by atoms with Gasteiger partial charge in [0.25, 0.3) is 0 Å². The Morgan fingerprint density at radius 1 is 0.846 bits per heavy atom. The molecule has 1 aliphatic heterocycles. The SMILES string of the molecule is CC[Si]1(Br)CC[Si](CC)(CC)CC1. The van der Waals surface area contributed by atoms with Crippen molar-refractivity contribution in [3.8, 4) is 0 Å². The molecule has 0 amide bonds. The molecule has 1 aliphatic rings. The summed E-state index contributed by atoms with van der Waals surface area (Å²) in [5, 5.41) is 0. The second-order valence-corrected chi connectivity index (χ2v) is 19.2. The maximum atomic E-state index is 4.07. The van der Waals surface area contributed by atoms with Gasteiger partial charge in [-0.05, 0) is 12.1 Å². The molecule has 0 aromatic carbocycles. The van der Waals surface area contributed by atoms with Crippen molar-refractivity contribution < 1.29 is 0 Å². The fourth-order valence-electron chi connectivity index (χ4n) is 2.54. The molecule has 0 radical (unpaired) electrons. The molecule has 0 unspecified atom stereocenters. The molecule has 0 aromatic heterocycles. The molecule has 78 valence electrons. The van der Waals surface area contributed by atoms with E-state index in [4.69, 9.17) is 0 Å². The van der Waals surface area contributed by atoms with E-state index in [-0.39, 0.29) is 0 Å². The summed E-state index contributed by atoms with van der Waals surface area (Å²) in [6.07, 6.45) is 0. The van der Waals surface area contributed by atoms with Gasteiger partial charge in [-0.3, -0.25) is 0 Å². The quantitative estimate of drug-likeness (QED) is 0.512. The Morgan fingerprint density at radius 2 is 1.31 bits per heavy atom. The average molecular weight is 279 g/mol. The van der Waals surface area contributed by atoms with Gasteiger partial charge < -0.3 is 0 Å². The molecule has 0 aromatic rings. The zero-order chi connectivity index (χ0) is 9.95. The molecule has 0 saturated carbocycles. The van der Waals surface area contributed by atoms with Crippen LogP contribution in [-0.2, 0) is 0 Å². The number of halogens is 1. The van der Waals surface area contributed by atoms with Gasteiger partial charge in [0.15, 0.2) is 0 Å². The summed E-state index contributed by atoms with van der Waals surface area (Å²) in [4.78, 5) is 0. The topological polar surface area (TPSA) is 0 Å². The number of hydrogen-bond acceptors (Lipinski definition) is 0. The molecular formula is C10H23BrSi2. The van der Waals surface area contributed by atoms with E-state index in [1.54, 1.807) is 24.2 Å². The first-order chi connectivity index (χ1) is 6.10. The largest absolute Gasteiger partial charge is 0.129 e. The van der Waals surface area contributed by atoms with Crippen molar-refractivity contribution >= 4 is 30.1 Å². The van der Waals surface area contributed by atoms with Crippen LogP contribution in [0.2, 0.25) is 42.3 Å². The molecule has 1 saturated heterocycles. The highest BCUT2D eigenvalue weighted by Crippen LogP contribution is 2.44. The summed E-state index contributed by atoms with van der Waals surface area (Å²) in [5.74, 6) is 0. The fraction of sp³-hybridized carbons (Fsp3) is 1.00. The van der Waals surface area contributed by atoms with Gasteiger partial charge in [-0.25, -0.2) is 0 Å². The zero-order valence-corrected chi connectivity index (χ0v) is 12.9. The lowest BCUT2D eigenvalue weighted by Gasteiger charge is -2.40. The third-order valence-corrected chi connectivity index (χ3v) is 18.6. The van der Waals surface area contributed by atoms with E-state index in [1.807, 2.05) is 0 Å². The molecule has 0 aliphatic carbocycles. The van der Waals surface area contributed by atoms with Crippen LogP contribution >= 0.6 is 15.3 Å².